The van der Waals surface area contributed by atoms with E-state index in [1.54, 1.807) is 6.07 Å². The number of halogens is 4. The number of ether oxygens (including phenoxy) is 1. The molecule has 2 aromatic rings. The fourth-order valence-electron chi connectivity index (χ4n) is 3.53. The summed E-state index contributed by atoms with van der Waals surface area (Å²) >= 11 is 0. The number of hydrogen-bond donors (Lipinski definition) is 1. The molecular weight excluding hydrogens is 365 g/mol. The van der Waals surface area contributed by atoms with Crippen molar-refractivity contribution < 1.29 is 17.9 Å². The lowest BCUT2D eigenvalue weighted by atomic mass is 9.93. The van der Waals surface area contributed by atoms with Gasteiger partial charge in [-0.1, -0.05) is 30.3 Å². The Morgan fingerprint density at radius 2 is 1.81 bits per heavy atom. The van der Waals surface area contributed by atoms with Crippen molar-refractivity contribution in [3.05, 3.63) is 42.0 Å². The van der Waals surface area contributed by atoms with Crippen LogP contribution in [0.4, 0.5) is 13.2 Å². The number of rotatable bonds is 5. The van der Waals surface area contributed by atoms with Crippen molar-refractivity contribution >= 4 is 23.2 Å². The van der Waals surface area contributed by atoms with Crippen LogP contribution < -0.4 is 10.1 Å². The summed E-state index contributed by atoms with van der Waals surface area (Å²) < 4.78 is 45.9. The number of nitrogens with zero attached hydrogens (tertiary/aromatic N) is 1. The molecule has 0 spiro atoms. The molecule has 1 atom stereocenters. The predicted octanol–water partition coefficient (Wildman–Crippen LogP) is 4.56. The summed E-state index contributed by atoms with van der Waals surface area (Å²) in [6, 6.07) is 10.5. The summed E-state index contributed by atoms with van der Waals surface area (Å²) in [5.74, 6) is 0.550. The molecule has 0 aliphatic carbocycles. The molecule has 0 amide bonds. The van der Waals surface area contributed by atoms with Crippen molar-refractivity contribution in [1.82, 2.24) is 10.2 Å². The van der Waals surface area contributed by atoms with Crippen LogP contribution in [0.3, 0.4) is 0 Å². The van der Waals surface area contributed by atoms with Gasteiger partial charge < -0.3 is 10.1 Å². The quantitative estimate of drug-likeness (QED) is 0.812. The zero-order chi connectivity index (χ0) is 17.9. The second kappa shape index (κ2) is 8.93. The number of fused-ring (bicyclic) bond motifs is 1. The van der Waals surface area contributed by atoms with Crippen LogP contribution in [0.2, 0.25) is 0 Å². The highest BCUT2D eigenvalue weighted by atomic mass is 35.5. The molecule has 7 heteroatoms. The summed E-state index contributed by atoms with van der Waals surface area (Å²) in [6.45, 7) is 4.85. The zero-order valence-corrected chi connectivity index (χ0v) is 15.5. The van der Waals surface area contributed by atoms with Gasteiger partial charge in [0.1, 0.15) is 5.75 Å². The van der Waals surface area contributed by atoms with E-state index in [2.05, 4.69) is 5.32 Å². The molecule has 3 nitrogen and oxygen atoms in total. The van der Waals surface area contributed by atoms with Crippen molar-refractivity contribution in [2.75, 3.05) is 32.8 Å². The van der Waals surface area contributed by atoms with Crippen molar-refractivity contribution in [3.8, 4) is 5.75 Å². The Morgan fingerprint density at radius 1 is 1.12 bits per heavy atom. The molecule has 1 fully saturated rings. The van der Waals surface area contributed by atoms with E-state index in [1.807, 2.05) is 42.2 Å². The van der Waals surface area contributed by atoms with Crippen LogP contribution in [-0.4, -0.2) is 43.9 Å². The molecule has 1 aliphatic rings. The van der Waals surface area contributed by atoms with Crippen molar-refractivity contribution in [2.45, 2.75) is 25.6 Å². The van der Waals surface area contributed by atoms with Crippen molar-refractivity contribution in [1.29, 1.82) is 0 Å². The molecule has 1 N–H and O–H groups in total. The van der Waals surface area contributed by atoms with Crippen LogP contribution in [0.25, 0.3) is 10.8 Å². The van der Waals surface area contributed by atoms with Gasteiger partial charge in [0.2, 0.25) is 0 Å². The molecule has 2 aromatic carbocycles. The van der Waals surface area contributed by atoms with Gasteiger partial charge >= 0.3 is 6.18 Å². The zero-order valence-electron chi connectivity index (χ0n) is 14.7. The number of nitrogens with one attached hydrogen (secondary N) is 1. The Morgan fingerprint density at radius 3 is 2.46 bits per heavy atom. The molecule has 0 radical (unpaired) electrons. The standard InChI is InChI=1S/C19H23F3N2O.ClH/c1-2-25-17-8-7-14-5-3-4-6-15(14)18(17)16(13-19(20,21)22)24-11-9-23-10-12-24;/h3-8,16,23H,2,9-13H2,1H3;1H/t16-;/m1./s1. The third-order valence-corrected chi connectivity index (χ3v) is 4.58. The van der Waals surface area contributed by atoms with Crippen molar-refractivity contribution in [2.24, 2.45) is 0 Å². The minimum atomic E-state index is -4.24. The maximum Gasteiger partial charge on any atom is 0.390 e. The van der Waals surface area contributed by atoms with E-state index in [9.17, 15) is 13.2 Å². The minimum Gasteiger partial charge on any atom is -0.494 e. The largest absolute Gasteiger partial charge is 0.494 e. The summed E-state index contributed by atoms with van der Waals surface area (Å²) in [4.78, 5) is 1.92. The van der Waals surface area contributed by atoms with Gasteiger partial charge in [-0.05, 0) is 23.8 Å². The predicted molar refractivity (Wildman–Crippen MR) is 100 cm³/mol. The first-order valence-electron chi connectivity index (χ1n) is 8.65. The van der Waals surface area contributed by atoms with E-state index in [4.69, 9.17) is 4.74 Å². The Hall–Kier alpha value is -1.50. The van der Waals surface area contributed by atoms with Gasteiger partial charge in [0.25, 0.3) is 0 Å². The lowest BCUT2D eigenvalue weighted by Gasteiger charge is -2.36. The molecule has 0 aromatic heterocycles. The van der Waals surface area contributed by atoms with Gasteiger partial charge in [-0.25, -0.2) is 0 Å². The normalized spacial score (nSPS) is 16.9. The second-order valence-electron chi connectivity index (χ2n) is 6.25. The highest BCUT2D eigenvalue weighted by molar-refractivity contribution is 5.88. The average molecular weight is 389 g/mol. The smallest absolute Gasteiger partial charge is 0.390 e. The first-order chi connectivity index (χ1) is 12.0. The summed E-state index contributed by atoms with van der Waals surface area (Å²) in [6.07, 6.45) is -5.11. The van der Waals surface area contributed by atoms with Gasteiger partial charge in [0, 0.05) is 37.8 Å². The van der Waals surface area contributed by atoms with E-state index >= 15 is 0 Å². The summed E-state index contributed by atoms with van der Waals surface area (Å²) in [5, 5.41) is 4.97. The third kappa shape index (κ3) is 4.81. The third-order valence-electron chi connectivity index (χ3n) is 4.58. The Kier molecular flexibility index (Phi) is 7.15. The molecule has 3 rings (SSSR count). The van der Waals surface area contributed by atoms with Gasteiger partial charge in [-0.2, -0.15) is 13.2 Å². The first kappa shape index (κ1) is 20.8. The molecule has 1 heterocycles. The van der Waals surface area contributed by atoms with Crippen LogP contribution in [0.1, 0.15) is 24.9 Å². The lowest BCUT2D eigenvalue weighted by Crippen LogP contribution is -2.46. The number of piperazine rings is 1. The topological polar surface area (TPSA) is 24.5 Å². The number of hydrogen-bond acceptors (Lipinski definition) is 3. The Bertz CT molecular complexity index is 717. The van der Waals surface area contributed by atoms with Gasteiger partial charge in [0.05, 0.1) is 13.0 Å². The van der Waals surface area contributed by atoms with Crippen LogP contribution in [0.15, 0.2) is 36.4 Å². The molecule has 0 unspecified atom stereocenters. The van der Waals surface area contributed by atoms with Crippen LogP contribution in [0.5, 0.6) is 5.75 Å². The van der Waals surface area contributed by atoms with Gasteiger partial charge in [-0.15, -0.1) is 12.4 Å². The van der Waals surface area contributed by atoms with E-state index < -0.39 is 18.6 Å². The molecule has 26 heavy (non-hydrogen) atoms. The van der Waals surface area contributed by atoms with E-state index in [-0.39, 0.29) is 12.4 Å². The lowest BCUT2D eigenvalue weighted by molar-refractivity contribution is -0.148. The molecule has 0 bridgehead atoms. The Balaban J connectivity index is 0.00000243. The first-order valence-corrected chi connectivity index (χ1v) is 8.65. The van der Waals surface area contributed by atoms with Crippen LogP contribution in [-0.2, 0) is 0 Å². The molecule has 0 saturated carbocycles. The number of benzene rings is 2. The van der Waals surface area contributed by atoms with E-state index in [0.717, 1.165) is 10.8 Å². The second-order valence-corrected chi connectivity index (χ2v) is 6.25. The van der Waals surface area contributed by atoms with Gasteiger partial charge in [0.15, 0.2) is 0 Å². The molecule has 1 saturated heterocycles. The highest BCUT2D eigenvalue weighted by Gasteiger charge is 2.38. The van der Waals surface area contributed by atoms with Crippen LogP contribution in [0, 0.1) is 0 Å². The Labute approximate surface area is 157 Å². The number of alkyl halides is 3. The maximum absolute atomic E-state index is 13.4. The monoisotopic (exact) mass is 388 g/mol. The summed E-state index contributed by atoms with van der Waals surface area (Å²) in [5.41, 5.74) is 0.652. The fourth-order valence-corrected chi connectivity index (χ4v) is 3.53. The highest BCUT2D eigenvalue weighted by Crippen LogP contribution is 2.41. The van der Waals surface area contributed by atoms with E-state index in [0.29, 0.717) is 44.1 Å². The fraction of sp³-hybridized carbons (Fsp3) is 0.474. The SMILES string of the molecule is CCOc1ccc2ccccc2c1[C@@H](CC(F)(F)F)N1CCNCC1.Cl. The average Bonchev–Trinajstić information content (AvgIpc) is 2.60. The van der Waals surface area contributed by atoms with Crippen molar-refractivity contribution in [3.63, 3.8) is 0 Å². The van der Waals surface area contributed by atoms with Gasteiger partial charge in [-0.3, -0.25) is 4.90 Å². The minimum absolute atomic E-state index is 0. The molecule has 1 aliphatic heterocycles. The van der Waals surface area contributed by atoms with Crippen LogP contribution >= 0.6 is 12.4 Å². The maximum atomic E-state index is 13.4. The summed E-state index contributed by atoms with van der Waals surface area (Å²) in [7, 11) is 0. The molecule has 144 valence electrons. The van der Waals surface area contributed by atoms with E-state index in [1.165, 1.54) is 0 Å². The molecular formula is C19H24ClF3N2O.